The van der Waals surface area contributed by atoms with Crippen molar-refractivity contribution in [1.29, 1.82) is 0 Å². The first-order chi connectivity index (χ1) is 13.8. The van der Waals surface area contributed by atoms with Gasteiger partial charge >= 0.3 is 6.09 Å². The molecule has 1 aromatic heterocycles. The van der Waals surface area contributed by atoms with Gasteiger partial charge in [-0.1, -0.05) is 48.5 Å². The van der Waals surface area contributed by atoms with Gasteiger partial charge in [-0.2, -0.15) is 0 Å². The summed E-state index contributed by atoms with van der Waals surface area (Å²) in [5.74, 6) is 1.11. The smallest absolute Gasteiger partial charge is 0.410 e. The van der Waals surface area contributed by atoms with E-state index in [2.05, 4.69) is 15.1 Å². The van der Waals surface area contributed by atoms with Gasteiger partial charge in [-0.15, -0.1) is 10.2 Å². The number of amides is 1. The molecule has 7 heteroatoms. The van der Waals surface area contributed by atoms with Crippen molar-refractivity contribution >= 4 is 6.09 Å². The Morgan fingerprint density at radius 2 is 1.61 bits per heavy atom. The summed E-state index contributed by atoms with van der Waals surface area (Å²) in [7, 11) is 0. The van der Waals surface area contributed by atoms with Crippen molar-refractivity contribution in [3.63, 3.8) is 0 Å². The summed E-state index contributed by atoms with van der Waals surface area (Å²) in [5.41, 5.74) is 1.90. The molecule has 3 aromatic rings. The zero-order valence-corrected chi connectivity index (χ0v) is 15.5. The normalized spacial score (nSPS) is 14.8. The molecule has 0 spiro atoms. The topological polar surface area (TPSA) is 71.7 Å². The quantitative estimate of drug-likeness (QED) is 0.679. The van der Waals surface area contributed by atoms with Crippen LogP contribution in [0, 0.1) is 0 Å². The molecule has 7 nitrogen and oxygen atoms in total. The van der Waals surface area contributed by atoms with Gasteiger partial charge in [0.05, 0.1) is 6.54 Å². The number of ether oxygens (including phenoxy) is 1. The first kappa shape index (κ1) is 18.2. The van der Waals surface area contributed by atoms with Crippen LogP contribution in [0.5, 0.6) is 0 Å². The summed E-state index contributed by atoms with van der Waals surface area (Å²) in [5, 5.41) is 8.26. The number of aromatic nitrogens is 2. The van der Waals surface area contributed by atoms with Crippen LogP contribution < -0.4 is 0 Å². The van der Waals surface area contributed by atoms with E-state index in [4.69, 9.17) is 9.15 Å². The average molecular weight is 378 g/mol. The zero-order valence-electron chi connectivity index (χ0n) is 15.5. The number of benzene rings is 2. The lowest BCUT2D eigenvalue weighted by Gasteiger charge is -2.33. The van der Waals surface area contributed by atoms with E-state index in [1.165, 1.54) is 0 Å². The minimum absolute atomic E-state index is 0.271. The van der Waals surface area contributed by atoms with Gasteiger partial charge in [-0.3, -0.25) is 4.90 Å². The Balaban J connectivity index is 1.24. The van der Waals surface area contributed by atoms with Crippen LogP contribution in [-0.2, 0) is 17.9 Å². The Morgan fingerprint density at radius 1 is 0.929 bits per heavy atom. The first-order valence-corrected chi connectivity index (χ1v) is 9.34. The third-order valence-electron chi connectivity index (χ3n) is 4.68. The molecule has 144 valence electrons. The molecule has 2 heterocycles. The van der Waals surface area contributed by atoms with E-state index in [0.29, 0.717) is 38.0 Å². The molecule has 1 amide bonds. The predicted octanol–water partition coefficient (Wildman–Crippen LogP) is 3.19. The lowest BCUT2D eigenvalue weighted by Crippen LogP contribution is -2.48. The molecule has 28 heavy (non-hydrogen) atoms. The summed E-state index contributed by atoms with van der Waals surface area (Å²) in [4.78, 5) is 16.2. The van der Waals surface area contributed by atoms with Gasteiger partial charge in [-0.05, 0) is 17.7 Å². The maximum atomic E-state index is 12.2. The second-order valence-electron chi connectivity index (χ2n) is 6.67. The maximum Gasteiger partial charge on any atom is 0.410 e. The minimum Gasteiger partial charge on any atom is -0.445 e. The SMILES string of the molecule is O=C(OCc1ccccc1)N1CCN(Cc2nnc(-c3ccccc3)o2)CC1. The van der Waals surface area contributed by atoms with Crippen LogP contribution in [0.2, 0.25) is 0 Å². The monoisotopic (exact) mass is 378 g/mol. The van der Waals surface area contributed by atoms with Crippen molar-refractivity contribution in [2.24, 2.45) is 0 Å². The fraction of sp³-hybridized carbons (Fsp3) is 0.286. The Kier molecular flexibility index (Phi) is 5.63. The Bertz CT molecular complexity index is 890. The number of hydrogen-bond acceptors (Lipinski definition) is 6. The third kappa shape index (κ3) is 4.55. The van der Waals surface area contributed by atoms with E-state index in [0.717, 1.165) is 24.2 Å². The molecule has 1 saturated heterocycles. The second-order valence-corrected chi connectivity index (χ2v) is 6.67. The standard InChI is InChI=1S/C21H22N4O3/c26-21(27-16-17-7-3-1-4-8-17)25-13-11-24(12-14-25)15-19-22-23-20(28-19)18-9-5-2-6-10-18/h1-10H,11-16H2. The van der Waals surface area contributed by atoms with Crippen LogP contribution in [-0.4, -0.2) is 52.3 Å². The van der Waals surface area contributed by atoms with Crippen molar-refractivity contribution in [2.75, 3.05) is 26.2 Å². The molecule has 1 aliphatic heterocycles. The molecule has 0 aliphatic carbocycles. The van der Waals surface area contributed by atoms with Crippen molar-refractivity contribution in [3.05, 3.63) is 72.1 Å². The van der Waals surface area contributed by atoms with Crippen LogP contribution in [0.15, 0.2) is 65.1 Å². The molecule has 0 unspecified atom stereocenters. The molecule has 2 aromatic carbocycles. The summed E-state index contributed by atoms with van der Waals surface area (Å²) in [6.07, 6.45) is -0.271. The third-order valence-corrected chi connectivity index (χ3v) is 4.68. The Hall–Kier alpha value is -3.19. The summed E-state index contributed by atoms with van der Waals surface area (Å²) in [6, 6.07) is 19.4. The van der Waals surface area contributed by atoms with Gasteiger partial charge in [0.15, 0.2) is 0 Å². The Labute approximate surface area is 163 Å². The molecule has 1 fully saturated rings. The van der Waals surface area contributed by atoms with E-state index in [-0.39, 0.29) is 6.09 Å². The molecule has 0 radical (unpaired) electrons. The molecule has 0 N–H and O–H groups in total. The van der Waals surface area contributed by atoms with Crippen LogP contribution in [0.3, 0.4) is 0 Å². The average Bonchev–Trinajstić information content (AvgIpc) is 3.22. The largest absolute Gasteiger partial charge is 0.445 e. The van der Waals surface area contributed by atoms with Crippen LogP contribution in [0.4, 0.5) is 4.79 Å². The van der Waals surface area contributed by atoms with Gasteiger partial charge < -0.3 is 14.1 Å². The highest BCUT2D eigenvalue weighted by Gasteiger charge is 2.23. The lowest BCUT2D eigenvalue weighted by molar-refractivity contribution is 0.0681. The van der Waals surface area contributed by atoms with E-state index in [9.17, 15) is 4.79 Å². The van der Waals surface area contributed by atoms with Crippen molar-refractivity contribution in [2.45, 2.75) is 13.2 Å². The fourth-order valence-corrected chi connectivity index (χ4v) is 3.11. The number of hydrogen-bond donors (Lipinski definition) is 0. The highest BCUT2D eigenvalue weighted by Crippen LogP contribution is 2.18. The fourth-order valence-electron chi connectivity index (χ4n) is 3.11. The van der Waals surface area contributed by atoms with Crippen molar-refractivity contribution < 1.29 is 13.9 Å². The molecule has 0 bridgehead atoms. The summed E-state index contributed by atoms with van der Waals surface area (Å²) in [6.45, 7) is 3.59. The van der Waals surface area contributed by atoms with Crippen molar-refractivity contribution in [1.82, 2.24) is 20.0 Å². The predicted molar refractivity (Wildman–Crippen MR) is 103 cm³/mol. The molecule has 1 aliphatic rings. The number of carbonyl (C=O) groups is 1. The van der Waals surface area contributed by atoms with Gasteiger partial charge in [-0.25, -0.2) is 4.79 Å². The van der Waals surface area contributed by atoms with Gasteiger partial charge in [0.25, 0.3) is 0 Å². The summed E-state index contributed by atoms with van der Waals surface area (Å²) >= 11 is 0. The molecule has 0 saturated carbocycles. The van der Waals surface area contributed by atoms with E-state index < -0.39 is 0 Å². The number of rotatable bonds is 5. The lowest BCUT2D eigenvalue weighted by atomic mass is 10.2. The molecule has 4 rings (SSSR count). The van der Waals surface area contributed by atoms with E-state index in [1.807, 2.05) is 60.7 Å². The highest BCUT2D eigenvalue weighted by molar-refractivity contribution is 5.67. The number of piperazine rings is 1. The van der Waals surface area contributed by atoms with E-state index >= 15 is 0 Å². The van der Waals surface area contributed by atoms with E-state index in [1.54, 1.807) is 4.90 Å². The minimum atomic E-state index is -0.271. The zero-order chi connectivity index (χ0) is 19.2. The maximum absolute atomic E-state index is 12.2. The molecule has 0 atom stereocenters. The number of nitrogens with zero attached hydrogens (tertiary/aromatic N) is 4. The van der Waals surface area contributed by atoms with Gasteiger partial charge in [0.1, 0.15) is 6.61 Å². The number of carbonyl (C=O) groups excluding carboxylic acids is 1. The molecular formula is C21H22N4O3. The second kappa shape index (κ2) is 8.67. The Morgan fingerprint density at radius 3 is 2.32 bits per heavy atom. The van der Waals surface area contributed by atoms with Gasteiger partial charge in [0, 0.05) is 31.7 Å². The summed E-state index contributed by atoms with van der Waals surface area (Å²) < 4.78 is 11.2. The van der Waals surface area contributed by atoms with Crippen molar-refractivity contribution in [3.8, 4) is 11.5 Å². The highest BCUT2D eigenvalue weighted by atomic mass is 16.6. The van der Waals surface area contributed by atoms with Crippen LogP contribution in [0.25, 0.3) is 11.5 Å². The molecular weight excluding hydrogens is 356 g/mol. The van der Waals surface area contributed by atoms with Gasteiger partial charge in [0.2, 0.25) is 11.8 Å². The van der Waals surface area contributed by atoms with Crippen LogP contribution >= 0.6 is 0 Å². The first-order valence-electron chi connectivity index (χ1n) is 9.34. The van der Waals surface area contributed by atoms with Crippen LogP contribution in [0.1, 0.15) is 11.5 Å².